The molecule has 3 amide bonds. The number of hydrogen-bond donors (Lipinski definition) is 1. The van der Waals surface area contributed by atoms with Gasteiger partial charge in [0.2, 0.25) is 11.8 Å². The fourth-order valence-electron chi connectivity index (χ4n) is 6.18. The van der Waals surface area contributed by atoms with Crippen molar-refractivity contribution in [3.8, 4) is 5.75 Å². The number of imide groups is 1. The van der Waals surface area contributed by atoms with Crippen molar-refractivity contribution in [2.45, 2.75) is 56.7 Å². The van der Waals surface area contributed by atoms with Crippen LogP contribution in [0.1, 0.15) is 59.2 Å². The molecule has 1 N–H and O–H groups in total. The Labute approximate surface area is 199 Å². The van der Waals surface area contributed by atoms with Gasteiger partial charge in [-0.15, -0.1) is 0 Å². The van der Waals surface area contributed by atoms with Gasteiger partial charge in [0.15, 0.2) is 0 Å². The van der Waals surface area contributed by atoms with E-state index in [4.69, 9.17) is 4.74 Å². The van der Waals surface area contributed by atoms with E-state index in [0.717, 1.165) is 50.2 Å². The van der Waals surface area contributed by atoms with E-state index < -0.39 is 6.04 Å². The number of ether oxygens (including phenoxy) is 1. The number of piperidine rings is 2. The first-order valence-electron chi connectivity index (χ1n) is 12.2. The molecule has 4 aliphatic rings. The summed E-state index contributed by atoms with van der Waals surface area (Å²) in [6.45, 7) is 4.05. The van der Waals surface area contributed by atoms with Gasteiger partial charge < -0.3 is 9.64 Å². The average Bonchev–Trinajstić information content (AvgIpc) is 3.18. The smallest absolute Gasteiger partial charge is 0.255 e. The molecule has 2 aromatic rings. The van der Waals surface area contributed by atoms with Gasteiger partial charge in [-0.3, -0.25) is 24.6 Å². The Kier molecular flexibility index (Phi) is 5.17. The molecule has 7 nitrogen and oxygen atoms in total. The Morgan fingerprint density at radius 1 is 1.00 bits per heavy atom. The van der Waals surface area contributed by atoms with E-state index in [1.807, 2.05) is 6.07 Å². The largest absolute Gasteiger partial charge is 0.493 e. The number of amides is 3. The molecule has 2 fully saturated rings. The molecule has 1 atom stereocenters. The zero-order chi connectivity index (χ0) is 23.3. The highest BCUT2D eigenvalue weighted by atomic mass is 16.5. The third kappa shape index (κ3) is 3.50. The summed E-state index contributed by atoms with van der Waals surface area (Å²) in [5.41, 5.74) is 4.16. The average molecular weight is 460 g/mol. The van der Waals surface area contributed by atoms with Crippen molar-refractivity contribution in [2.24, 2.45) is 0 Å². The highest BCUT2D eigenvalue weighted by molar-refractivity contribution is 6.05. The van der Waals surface area contributed by atoms with Crippen molar-refractivity contribution in [2.75, 3.05) is 19.7 Å². The number of hydrogen-bond acceptors (Lipinski definition) is 5. The normalized spacial score (nSPS) is 23.9. The summed E-state index contributed by atoms with van der Waals surface area (Å²) in [7, 11) is 0. The molecule has 1 unspecified atom stereocenters. The number of nitrogens with zero attached hydrogens (tertiary/aromatic N) is 2. The van der Waals surface area contributed by atoms with E-state index in [-0.39, 0.29) is 29.6 Å². The molecule has 1 spiro atoms. The Hall–Kier alpha value is -3.19. The summed E-state index contributed by atoms with van der Waals surface area (Å²) in [4.78, 5) is 41.3. The Balaban J connectivity index is 1.23. The van der Waals surface area contributed by atoms with Crippen molar-refractivity contribution in [3.05, 3.63) is 64.7 Å². The van der Waals surface area contributed by atoms with Gasteiger partial charge in [-0.05, 0) is 50.4 Å². The van der Waals surface area contributed by atoms with E-state index >= 15 is 0 Å². The first-order valence-corrected chi connectivity index (χ1v) is 12.2. The van der Waals surface area contributed by atoms with Crippen molar-refractivity contribution in [3.63, 3.8) is 0 Å². The van der Waals surface area contributed by atoms with Crippen LogP contribution in [0.3, 0.4) is 0 Å². The second kappa shape index (κ2) is 8.24. The van der Waals surface area contributed by atoms with Gasteiger partial charge in [-0.25, -0.2) is 0 Å². The second-order valence-electron chi connectivity index (χ2n) is 10.0. The predicted molar refractivity (Wildman–Crippen MR) is 125 cm³/mol. The van der Waals surface area contributed by atoms with E-state index in [9.17, 15) is 14.4 Å². The maximum atomic E-state index is 13.2. The minimum absolute atomic E-state index is 0.0703. The molecule has 2 aromatic carbocycles. The molecular weight excluding hydrogens is 430 g/mol. The molecule has 0 radical (unpaired) electrons. The number of nitrogens with one attached hydrogen (secondary N) is 1. The Morgan fingerprint density at radius 3 is 2.56 bits per heavy atom. The number of rotatable bonds is 3. The summed E-state index contributed by atoms with van der Waals surface area (Å²) in [6, 6.07) is 14.0. The van der Waals surface area contributed by atoms with Crippen LogP contribution in [0.15, 0.2) is 42.5 Å². The Morgan fingerprint density at radius 2 is 1.79 bits per heavy atom. The lowest BCUT2D eigenvalue weighted by Gasteiger charge is -2.45. The lowest BCUT2D eigenvalue weighted by molar-refractivity contribution is -0.136. The molecule has 176 valence electrons. The maximum Gasteiger partial charge on any atom is 0.255 e. The van der Waals surface area contributed by atoms with E-state index in [1.54, 1.807) is 4.90 Å². The molecule has 0 saturated carbocycles. The van der Waals surface area contributed by atoms with Crippen LogP contribution in [0.25, 0.3) is 0 Å². The lowest BCUT2D eigenvalue weighted by Crippen LogP contribution is -2.52. The molecule has 0 bridgehead atoms. The maximum absolute atomic E-state index is 13.2. The zero-order valence-electron chi connectivity index (χ0n) is 19.2. The van der Waals surface area contributed by atoms with Crippen molar-refractivity contribution in [1.82, 2.24) is 15.1 Å². The van der Waals surface area contributed by atoms with Gasteiger partial charge in [0.05, 0.1) is 13.2 Å². The van der Waals surface area contributed by atoms with E-state index in [1.165, 1.54) is 11.1 Å². The monoisotopic (exact) mass is 459 g/mol. The minimum Gasteiger partial charge on any atom is -0.493 e. The van der Waals surface area contributed by atoms with Crippen LogP contribution in [0.5, 0.6) is 5.75 Å². The highest BCUT2D eigenvalue weighted by Crippen LogP contribution is 2.49. The number of carbonyl (C=O) groups is 3. The van der Waals surface area contributed by atoms with Crippen LogP contribution < -0.4 is 10.1 Å². The summed E-state index contributed by atoms with van der Waals surface area (Å²) in [5, 5.41) is 2.38. The van der Waals surface area contributed by atoms with Gasteiger partial charge in [0.1, 0.15) is 11.8 Å². The molecule has 6 rings (SSSR count). The van der Waals surface area contributed by atoms with E-state index in [0.29, 0.717) is 25.1 Å². The van der Waals surface area contributed by atoms with Crippen LogP contribution in [0.2, 0.25) is 0 Å². The van der Waals surface area contributed by atoms with Crippen molar-refractivity contribution in [1.29, 1.82) is 0 Å². The van der Waals surface area contributed by atoms with Crippen LogP contribution in [-0.4, -0.2) is 53.3 Å². The van der Waals surface area contributed by atoms with Gasteiger partial charge in [-0.2, -0.15) is 0 Å². The number of benzene rings is 2. The standard InChI is InChI=1S/C27H29N3O4/c31-23-9-8-22(25(32)28-23)30-17-20-19(26(30)33)6-7-21-24(20)34-15-12-27(21)10-13-29(14-11-27)16-18-4-2-1-3-5-18/h1-7,22H,8-17H2,(H,28,31,32). The zero-order valence-corrected chi connectivity index (χ0v) is 19.2. The summed E-state index contributed by atoms with van der Waals surface area (Å²) in [6.07, 6.45) is 3.75. The molecule has 34 heavy (non-hydrogen) atoms. The molecule has 2 saturated heterocycles. The Bertz CT molecular complexity index is 1150. The second-order valence-corrected chi connectivity index (χ2v) is 10.0. The molecule has 4 heterocycles. The van der Waals surface area contributed by atoms with Gasteiger partial charge in [0.25, 0.3) is 5.91 Å². The quantitative estimate of drug-likeness (QED) is 0.714. The topological polar surface area (TPSA) is 79.0 Å². The fourth-order valence-corrected chi connectivity index (χ4v) is 6.18. The third-order valence-electron chi connectivity index (χ3n) is 8.13. The minimum atomic E-state index is -0.605. The fraction of sp³-hybridized carbons (Fsp3) is 0.444. The first-order chi connectivity index (χ1) is 16.5. The number of fused-ring (bicyclic) bond motifs is 4. The van der Waals surface area contributed by atoms with Crippen molar-refractivity contribution >= 4 is 17.7 Å². The van der Waals surface area contributed by atoms with Gasteiger partial charge in [0, 0.05) is 35.1 Å². The molecular formula is C27H29N3O4. The lowest BCUT2D eigenvalue weighted by atomic mass is 9.68. The molecule has 7 heteroatoms. The van der Waals surface area contributed by atoms with Gasteiger partial charge in [-0.1, -0.05) is 36.4 Å². The number of carbonyl (C=O) groups excluding carboxylic acids is 3. The molecule has 4 aliphatic heterocycles. The predicted octanol–water partition coefficient (Wildman–Crippen LogP) is 2.76. The van der Waals surface area contributed by atoms with Crippen molar-refractivity contribution < 1.29 is 19.1 Å². The van der Waals surface area contributed by atoms with Crippen LogP contribution in [-0.2, 0) is 28.1 Å². The SMILES string of the molecule is O=C1CCC(N2Cc3c(ccc4c3OCCC43CCN(Cc4ccccc4)CC3)C2=O)C(=O)N1. The van der Waals surface area contributed by atoms with Crippen LogP contribution in [0.4, 0.5) is 0 Å². The van der Waals surface area contributed by atoms with Gasteiger partial charge >= 0.3 is 0 Å². The summed E-state index contributed by atoms with van der Waals surface area (Å²) >= 11 is 0. The van der Waals surface area contributed by atoms with Crippen LogP contribution >= 0.6 is 0 Å². The molecule has 0 aromatic heterocycles. The molecule has 0 aliphatic carbocycles. The highest BCUT2D eigenvalue weighted by Gasteiger charge is 2.45. The summed E-state index contributed by atoms with van der Waals surface area (Å²) < 4.78 is 6.20. The van der Waals surface area contributed by atoms with E-state index in [2.05, 4.69) is 46.6 Å². The summed E-state index contributed by atoms with van der Waals surface area (Å²) in [5.74, 6) is 0.0535. The number of likely N-dealkylation sites (tertiary alicyclic amines) is 1. The first kappa shape index (κ1) is 21.4. The third-order valence-corrected chi connectivity index (χ3v) is 8.13. The van der Waals surface area contributed by atoms with Crippen LogP contribution in [0, 0.1) is 0 Å².